The maximum atomic E-state index is 13.0. The number of fused-ring (bicyclic) bond motifs is 1. The van der Waals surface area contributed by atoms with Crippen LogP contribution in [-0.2, 0) is 6.61 Å². The summed E-state index contributed by atoms with van der Waals surface area (Å²) in [7, 11) is 0. The number of hydrogen-bond donors (Lipinski definition) is 0. The Morgan fingerprint density at radius 2 is 1.73 bits per heavy atom. The monoisotopic (exact) mass is 460 g/mol. The number of hydrogen-bond acceptors (Lipinski definition) is 4. The van der Waals surface area contributed by atoms with E-state index in [1.165, 1.54) is 5.56 Å². The van der Waals surface area contributed by atoms with E-state index in [9.17, 15) is 4.79 Å². The fourth-order valence-electron chi connectivity index (χ4n) is 4.12. The van der Waals surface area contributed by atoms with E-state index in [0.29, 0.717) is 31.0 Å². The molecule has 0 unspecified atom stereocenters. The predicted molar refractivity (Wildman–Crippen MR) is 130 cm³/mol. The number of ether oxygens (including phenoxy) is 1. The number of aromatic nitrogens is 2. The molecule has 0 spiro atoms. The molecule has 6 nitrogen and oxygen atoms in total. The van der Waals surface area contributed by atoms with Crippen LogP contribution in [-0.4, -0.2) is 46.4 Å². The van der Waals surface area contributed by atoms with Gasteiger partial charge in [0.1, 0.15) is 18.0 Å². The van der Waals surface area contributed by atoms with E-state index in [2.05, 4.69) is 16.8 Å². The van der Waals surface area contributed by atoms with Gasteiger partial charge in [-0.2, -0.15) is 0 Å². The molecule has 0 radical (unpaired) electrons. The third-order valence-corrected chi connectivity index (χ3v) is 6.22. The van der Waals surface area contributed by atoms with Crippen molar-refractivity contribution in [1.29, 1.82) is 0 Å². The minimum atomic E-state index is 0.0380. The van der Waals surface area contributed by atoms with E-state index < -0.39 is 0 Å². The largest absolute Gasteiger partial charge is 0.487 e. The van der Waals surface area contributed by atoms with Crippen molar-refractivity contribution in [3.05, 3.63) is 94.9 Å². The summed E-state index contributed by atoms with van der Waals surface area (Å²) in [5.41, 5.74) is 4.62. The van der Waals surface area contributed by atoms with Crippen LogP contribution < -0.4 is 9.64 Å². The first-order chi connectivity index (χ1) is 16.1. The number of amides is 1. The summed E-state index contributed by atoms with van der Waals surface area (Å²) >= 11 is 6.32. The van der Waals surface area contributed by atoms with Crippen LogP contribution in [0.1, 0.15) is 21.6 Å². The molecule has 1 saturated heterocycles. The zero-order chi connectivity index (χ0) is 22.8. The third kappa shape index (κ3) is 4.66. The number of anilines is 1. The van der Waals surface area contributed by atoms with Gasteiger partial charge in [0.05, 0.1) is 16.4 Å². The number of pyridine rings is 1. The first-order valence-electron chi connectivity index (χ1n) is 11.0. The third-order valence-electron chi connectivity index (χ3n) is 5.90. The Kier molecular flexibility index (Phi) is 5.92. The number of nitrogens with zero attached hydrogens (tertiary/aromatic N) is 4. The van der Waals surface area contributed by atoms with Crippen LogP contribution in [0.4, 0.5) is 5.69 Å². The Hall–Kier alpha value is -3.51. The summed E-state index contributed by atoms with van der Waals surface area (Å²) < 4.78 is 7.89. The number of aryl methyl sites for hydroxylation is 1. The van der Waals surface area contributed by atoms with Crippen molar-refractivity contribution in [2.75, 3.05) is 31.1 Å². The topological polar surface area (TPSA) is 50.1 Å². The normalized spacial score (nSPS) is 14.0. The summed E-state index contributed by atoms with van der Waals surface area (Å²) in [6.45, 7) is 5.27. The molecular formula is C26H25ClN4O2. The molecule has 0 bridgehead atoms. The lowest BCUT2D eigenvalue weighted by Crippen LogP contribution is -2.48. The number of halogens is 1. The van der Waals surface area contributed by atoms with Gasteiger partial charge in [0.15, 0.2) is 0 Å². The summed E-state index contributed by atoms with van der Waals surface area (Å²) in [5, 5.41) is 0.742. The molecule has 1 aliphatic rings. The number of piperazine rings is 1. The summed E-state index contributed by atoms with van der Waals surface area (Å²) in [5.74, 6) is 0.749. The second-order valence-corrected chi connectivity index (χ2v) is 8.66. The summed E-state index contributed by atoms with van der Waals surface area (Å²) in [4.78, 5) is 21.6. The molecule has 1 aliphatic heterocycles. The van der Waals surface area contributed by atoms with Gasteiger partial charge in [-0.15, -0.1) is 0 Å². The number of carbonyl (C=O) groups is 1. The highest BCUT2D eigenvalue weighted by molar-refractivity contribution is 6.33. The molecule has 3 heterocycles. The molecule has 4 aromatic rings. The van der Waals surface area contributed by atoms with Crippen LogP contribution >= 0.6 is 11.6 Å². The number of para-hydroxylation sites is 1. The quantitative estimate of drug-likeness (QED) is 0.427. The molecule has 33 heavy (non-hydrogen) atoms. The SMILES string of the molecule is Cc1ccc2nc(COc3ccc(C(=O)N4CCN(c5ccccc5Cl)CC4)cc3)cn2c1. The fourth-order valence-corrected chi connectivity index (χ4v) is 4.37. The van der Waals surface area contributed by atoms with Crippen molar-refractivity contribution in [3.8, 4) is 5.75 Å². The van der Waals surface area contributed by atoms with E-state index >= 15 is 0 Å². The molecule has 2 aromatic heterocycles. The van der Waals surface area contributed by atoms with Crippen molar-refractivity contribution in [2.45, 2.75) is 13.5 Å². The number of carbonyl (C=O) groups excluding carboxylic acids is 1. The molecule has 0 N–H and O–H groups in total. The van der Waals surface area contributed by atoms with E-state index in [0.717, 1.165) is 35.1 Å². The van der Waals surface area contributed by atoms with Crippen LogP contribution in [0.2, 0.25) is 5.02 Å². The fraction of sp³-hybridized carbons (Fsp3) is 0.231. The van der Waals surface area contributed by atoms with Gasteiger partial charge in [0.25, 0.3) is 5.91 Å². The van der Waals surface area contributed by atoms with Crippen molar-refractivity contribution >= 4 is 28.8 Å². The van der Waals surface area contributed by atoms with Crippen molar-refractivity contribution < 1.29 is 9.53 Å². The van der Waals surface area contributed by atoms with Crippen LogP contribution in [0.15, 0.2) is 73.1 Å². The molecule has 0 saturated carbocycles. The highest BCUT2D eigenvalue weighted by atomic mass is 35.5. The predicted octanol–water partition coefficient (Wildman–Crippen LogP) is 4.84. The first kappa shape index (κ1) is 21.3. The van der Waals surface area contributed by atoms with Gasteiger partial charge in [0, 0.05) is 44.1 Å². The Labute approximate surface area is 198 Å². The van der Waals surface area contributed by atoms with Crippen molar-refractivity contribution in [1.82, 2.24) is 14.3 Å². The van der Waals surface area contributed by atoms with E-state index in [1.807, 2.05) is 82.4 Å². The lowest BCUT2D eigenvalue weighted by molar-refractivity contribution is 0.0746. The Morgan fingerprint density at radius 1 is 0.970 bits per heavy atom. The molecule has 1 amide bonds. The van der Waals surface area contributed by atoms with Crippen LogP contribution in [0, 0.1) is 6.92 Å². The lowest BCUT2D eigenvalue weighted by Gasteiger charge is -2.36. The number of rotatable bonds is 5. The second kappa shape index (κ2) is 9.16. The van der Waals surface area contributed by atoms with Crippen molar-refractivity contribution in [2.24, 2.45) is 0 Å². The minimum absolute atomic E-state index is 0.0380. The molecule has 0 atom stereocenters. The summed E-state index contributed by atoms with van der Waals surface area (Å²) in [6.07, 6.45) is 4.02. The molecule has 7 heteroatoms. The van der Waals surface area contributed by atoms with E-state index in [-0.39, 0.29) is 5.91 Å². The molecule has 0 aliphatic carbocycles. The average molecular weight is 461 g/mol. The van der Waals surface area contributed by atoms with Gasteiger partial charge < -0.3 is 18.9 Å². The number of imidazole rings is 1. The molecule has 2 aromatic carbocycles. The highest BCUT2D eigenvalue weighted by Crippen LogP contribution is 2.26. The van der Waals surface area contributed by atoms with Gasteiger partial charge in [-0.1, -0.05) is 29.8 Å². The minimum Gasteiger partial charge on any atom is -0.487 e. The van der Waals surface area contributed by atoms with Crippen LogP contribution in [0.25, 0.3) is 5.65 Å². The standard InChI is InChI=1S/C26H25ClN4O2/c1-19-6-11-25-28-21(17-31(25)16-19)18-33-22-9-7-20(8-10-22)26(32)30-14-12-29(13-15-30)24-5-3-2-4-23(24)27/h2-11,16-17H,12-15,18H2,1H3. The Balaban J connectivity index is 1.17. The first-order valence-corrected chi connectivity index (χ1v) is 11.4. The van der Waals surface area contributed by atoms with Gasteiger partial charge in [0.2, 0.25) is 0 Å². The maximum absolute atomic E-state index is 13.0. The van der Waals surface area contributed by atoms with E-state index in [1.54, 1.807) is 0 Å². The smallest absolute Gasteiger partial charge is 0.253 e. The van der Waals surface area contributed by atoms with Crippen LogP contribution in [0.3, 0.4) is 0 Å². The van der Waals surface area contributed by atoms with Crippen molar-refractivity contribution in [3.63, 3.8) is 0 Å². The lowest BCUT2D eigenvalue weighted by atomic mass is 10.1. The molecule has 1 fully saturated rings. The van der Waals surface area contributed by atoms with Gasteiger partial charge in [-0.25, -0.2) is 4.98 Å². The van der Waals surface area contributed by atoms with E-state index in [4.69, 9.17) is 16.3 Å². The zero-order valence-electron chi connectivity index (χ0n) is 18.4. The van der Waals surface area contributed by atoms with Gasteiger partial charge in [-0.3, -0.25) is 4.79 Å². The second-order valence-electron chi connectivity index (χ2n) is 8.25. The zero-order valence-corrected chi connectivity index (χ0v) is 19.2. The van der Waals surface area contributed by atoms with Gasteiger partial charge in [-0.05, 0) is 55.0 Å². The average Bonchev–Trinajstić information content (AvgIpc) is 3.25. The van der Waals surface area contributed by atoms with Crippen LogP contribution in [0.5, 0.6) is 5.75 Å². The Morgan fingerprint density at radius 3 is 2.48 bits per heavy atom. The Bertz CT molecular complexity index is 1280. The molecule has 168 valence electrons. The highest BCUT2D eigenvalue weighted by Gasteiger charge is 2.23. The molecule has 5 rings (SSSR count). The summed E-state index contributed by atoms with van der Waals surface area (Å²) in [6, 6.07) is 19.2. The molecular weight excluding hydrogens is 436 g/mol. The number of benzene rings is 2. The maximum Gasteiger partial charge on any atom is 0.253 e. The van der Waals surface area contributed by atoms with Gasteiger partial charge >= 0.3 is 0 Å².